The van der Waals surface area contributed by atoms with Crippen LogP contribution < -0.4 is 0 Å². The fraction of sp³-hybridized carbons (Fsp3) is 0.733. The normalized spacial score (nSPS) is 15.6. The van der Waals surface area contributed by atoms with E-state index in [-0.39, 0.29) is 18.2 Å². The minimum atomic E-state index is -6.57. The van der Waals surface area contributed by atoms with E-state index in [0.717, 1.165) is 0 Å². The van der Waals surface area contributed by atoms with Gasteiger partial charge in [0, 0.05) is 27.1 Å². The summed E-state index contributed by atoms with van der Waals surface area (Å²) in [7, 11) is -2.25. The first-order valence-corrected chi connectivity index (χ1v) is 11.5. The van der Waals surface area contributed by atoms with Crippen LogP contribution in [0.15, 0.2) is 12.2 Å². The molecule has 4 nitrogen and oxygen atoms in total. The topological polar surface area (TPSA) is 63.6 Å². The Balaban J connectivity index is 6.01. The average Bonchev–Trinajstić information content (AvgIpc) is 2.46. The van der Waals surface area contributed by atoms with Crippen LogP contribution in [0.5, 0.6) is 0 Å². The number of ether oxygens (including phenoxy) is 1. The summed E-state index contributed by atoms with van der Waals surface area (Å²) in [4.78, 5) is 21.7. The zero-order chi connectivity index (χ0) is 22.8. The van der Waals surface area contributed by atoms with Crippen LogP contribution in [0.25, 0.3) is 0 Å². The Labute approximate surface area is 156 Å². The Bertz CT molecular complexity index is 608. The van der Waals surface area contributed by atoms with Gasteiger partial charge in [0.25, 0.3) is 0 Å². The van der Waals surface area contributed by atoms with Crippen LogP contribution in [-0.4, -0.2) is 54.9 Å². The van der Waals surface area contributed by atoms with Gasteiger partial charge in [0.05, 0.1) is 0 Å². The molecule has 0 heterocycles. The molecule has 28 heavy (non-hydrogen) atoms. The lowest BCUT2D eigenvalue weighted by Crippen LogP contribution is -2.65. The molecular weight excluding hydrogens is 424 g/mol. The maximum absolute atomic E-state index is 14.3. The van der Waals surface area contributed by atoms with Gasteiger partial charge in [-0.2, -0.15) is 35.1 Å². The standard InChI is InChI=1S/C15H20F8O4Si/c1-12(16,17)14(20,21)15(22,23)13(18,19)9(7-8-28(2,3)4)27-11(26)6-5-10(24)25/h5-6,9H,7-8H2,1-4H3,(H,24,25). The number of hydrogen-bond acceptors (Lipinski definition) is 3. The molecule has 0 aliphatic carbocycles. The molecule has 164 valence electrons. The van der Waals surface area contributed by atoms with Crippen molar-refractivity contribution < 1.29 is 54.6 Å². The predicted molar refractivity (Wildman–Crippen MR) is 84.9 cm³/mol. The first kappa shape index (κ1) is 26.3. The number of alkyl halides is 8. The maximum Gasteiger partial charge on any atom is 0.381 e. The molecule has 0 aliphatic heterocycles. The van der Waals surface area contributed by atoms with E-state index in [2.05, 4.69) is 4.74 Å². The van der Waals surface area contributed by atoms with Gasteiger partial charge in [0.1, 0.15) is 0 Å². The Morgan fingerprint density at radius 1 is 0.964 bits per heavy atom. The zero-order valence-electron chi connectivity index (χ0n) is 15.3. The summed E-state index contributed by atoms with van der Waals surface area (Å²) in [5.74, 6) is -27.9. The van der Waals surface area contributed by atoms with Crippen molar-refractivity contribution in [3.05, 3.63) is 12.2 Å². The molecule has 0 saturated heterocycles. The highest BCUT2D eigenvalue weighted by Crippen LogP contribution is 2.54. The summed E-state index contributed by atoms with van der Waals surface area (Å²) in [5.41, 5.74) is 0. The molecule has 0 radical (unpaired) electrons. The first-order valence-electron chi connectivity index (χ1n) is 7.79. The van der Waals surface area contributed by atoms with Crippen molar-refractivity contribution in [2.45, 2.75) is 68.8 Å². The summed E-state index contributed by atoms with van der Waals surface area (Å²) in [6.45, 7) is 4.19. The van der Waals surface area contributed by atoms with Gasteiger partial charge in [0.2, 0.25) is 0 Å². The van der Waals surface area contributed by atoms with Gasteiger partial charge in [-0.3, -0.25) is 0 Å². The maximum atomic E-state index is 14.3. The number of carboxylic acids is 1. The fourth-order valence-corrected chi connectivity index (χ4v) is 3.01. The number of hydrogen-bond donors (Lipinski definition) is 1. The van der Waals surface area contributed by atoms with Crippen LogP contribution in [0, 0.1) is 0 Å². The van der Waals surface area contributed by atoms with Crippen molar-refractivity contribution in [2.75, 3.05) is 0 Å². The zero-order valence-corrected chi connectivity index (χ0v) is 16.3. The number of carbonyl (C=O) groups excluding carboxylic acids is 1. The minimum Gasteiger partial charge on any atom is -0.478 e. The van der Waals surface area contributed by atoms with Crippen LogP contribution in [0.3, 0.4) is 0 Å². The summed E-state index contributed by atoms with van der Waals surface area (Å²) in [6.07, 6.45) is -3.96. The van der Waals surface area contributed by atoms with Crippen molar-refractivity contribution in [3.8, 4) is 0 Å². The lowest BCUT2D eigenvalue weighted by molar-refractivity contribution is -0.376. The van der Waals surface area contributed by atoms with E-state index in [4.69, 9.17) is 5.11 Å². The van der Waals surface area contributed by atoms with Gasteiger partial charge in [0.15, 0.2) is 6.10 Å². The molecule has 0 aromatic carbocycles. The first-order chi connectivity index (χ1) is 12.2. The van der Waals surface area contributed by atoms with E-state index < -0.39 is 63.2 Å². The molecule has 1 unspecified atom stereocenters. The van der Waals surface area contributed by atoms with Gasteiger partial charge in [-0.1, -0.05) is 25.7 Å². The van der Waals surface area contributed by atoms with Crippen molar-refractivity contribution >= 4 is 20.0 Å². The van der Waals surface area contributed by atoms with Crippen molar-refractivity contribution in [1.29, 1.82) is 0 Å². The highest BCUT2D eigenvalue weighted by Gasteiger charge is 2.81. The highest BCUT2D eigenvalue weighted by molar-refractivity contribution is 6.76. The van der Waals surface area contributed by atoms with E-state index >= 15 is 0 Å². The second-order valence-corrected chi connectivity index (χ2v) is 13.0. The average molecular weight is 444 g/mol. The molecule has 0 aromatic heterocycles. The highest BCUT2D eigenvalue weighted by atomic mass is 28.3. The van der Waals surface area contributed by atoms with Crippen LogP contribution in [0.2, 0.25) is 25.7 Å². The number of rotatable bonds is 10. The van der Waals surface area contributed by atoms with Crippen LogP contribution >= 0.6 is 0 Å². The fourth-order valence-electron chi connectivity index (χ4n) is 1.88. The smallest absolute Gasteiger partial charge is 0.381 e. The van der Waals surface area contributed by atoms with Gasteiger partial charge in [-0.25, -0.2) is 9.59 Å². The summed E-state index contributed by atoms with van der Waals surface area (Å²) >= 11 is 0. The predicted octanol–water partition coefficient (Wildman–Crippen LogP) is 4.83. The molecule has 0 saturated carbocycles. The van der Waals surface area contributed by atoms with Crippen LogP contribution in [0.1, 0.15) is 13.3 Å². The molecule has 13 heteroatoms. The third kappa shape index (κ3) is 6.17. The van der Waals surface area contributed by atoms with Gasteiger partial charge in [-0.05, 0) is 6.42 Å². The van der Waals surface area contributed by atoms with Crippen molar-refractivity contribution in [1.82, 2.24) is 0 Å². The van der Waals surface area contributed by atoms with E-state index in [1.54, 1.807) is 19.6 Å². The molecular formula is C15H20F8O4Si. The molecule has 0 aliphatic rings. The van der Waals surface area contributed by atoms with E-state index in [9.17, 15) is 44.7 Å². The third-order valence-corrected chi connectivity index (χ3v) is 5.33. The Morgan fingerprint density at radius 2 is 1.43 bits per heavy atom. The molecule has 1 N–H and O–H groups in total. The minimum absolute atomic E-state index is 0.102. The number of carboxylic acid groups (broad SMARTS) is 1. The summed E-state index contributed by atoms with van der Waals surface area (Å²) in [6, 6.07) is -0.201. The number of esters is 1. The van der Waals surface area contributed by atoms with Gasteiger partial charge in [-0.15, -0.1) is 0 Å². The van der Waals surface area contributed by atoms with E-state index in [0.29, 0.717) is 0 Å². The van der Waals surface area contributed by atoms with Crippen LogP contribution in [0.4, 0.5) is 35.1 Å². The summed E-state index contributed by atoms with van der Waals surface area (Å²) in [5, 5.41) is 8.35. The third-order valence-electron chi connectivity index (χ3n) is 3.55. The lowest BCUT2D eigenvalue weighted by atomic mass is 9.94. The number of carbonyl (C=O) groups is 2. The second kappa shape index (κ2) is 8.37. The lowest BCUT2D eigenvalue weighted by Gasteiger charge is -2.38. The van der Waals surface area contributed by atoms with Crippen molar-refractivity contribution in [2.24, 2.45) is 0 Å². The molecule has 0 fully saturated rings. The Kier molecular flexibility index (Phi) is 7.88. The Hall–Kier alpha value is -1.66. The number of aliphatic carboxylic acids is 1. The SMILES string of the molecule is CC(F)(F)C(F)(F)C(F)(F)C(F)(F)C(CC[Si](C)(C)C)OC(=O)C=CC(=O)O. The molecule has 0 rings (SSSR count). The van der Waals surface area contributed by atoms with E-state index in [1.165, 1.54) is 0 Å². The van der Waals surface area contributed by atoms with Crippen LogP contribution in [-0.2, 0) is 14.3 Å². The van der Waals surface area contributed by atoms with E-state index in [1.807, 2.05) is 0 Å². The van der Waals surface area contributed by atoms with Gasteiger partial charge < -0.3 is 9.84 Å². The molecule has 1 atom stereocenters. The largest absolute Gasteiger partial charge is 0.478 e. The molecule has 0 aromatic rings. The molecule has 0 amide bonds. The molecule has 0 bridgehead atoms. The monoisotopic (exact) mass is 444 g/mol. The van der Waals surface area contributed by atoms with Crippen molar-refractivity contribution in [3.63, 3.8) is 0 Å². The second-order valence-electron chi connectivity index (χ2n) is 7.36. The number of halogens is 8. The molecule has 0 spiro atoms. The Morgan fingerprint density at radius 3 is 1.79 bits per heavy atom. The van der Waals surface area contributed by atoms with Gasteiger partial charge >= 0.3 is 35.6 Å². The summed E-state index contributed by atoms with van der Waals surface area (Å²) < 4.78 is 113. The quantitative estimate of drug-likeness (QED) is 0.227.